The summed E-state index contributed by atoms with van der Waals surface area (Å²) < 4.78 is 11.3. The molecule has 2 amide bonds. The fourth-order valence-corrected chi connectivity index (χ4v) is 3.67. The number of hydrogen-bond donors (Lipinski definition) is 4. The van der Waals surface area contributed by atoms with Crippen LogP contribution in [0.3, 0.4) is 0 Å². The predicted molar refractivity (Wildman–Crippen MR) is 115 cm³/mol. The molecule has 164 valence electrons. The molecule has 0 saturated carbocycles. The summed E-state index contributed by atoms with van der Waals surface area (Å²) in [4.78, 5) is 50.9. The first-order valence-corrected chi connectivity index (χ1v) is 10.4. The van der Waals surface area contributed by atoms with Gasteiger partial charge in [0.2, 0.25) is 17.8 Å². The number of aromatic amines is 2. The molecule has 0 atom stereocenters. The SMILES string of the molecule is O=C(Cc1nnc(NC(=O)c2cc(=O)[nH]c(=O)[nH]2)s1)N/N=C\c1cc2c(cc1Br)OCO2. The molecule has 0 unspecified atom stereocenters. The number of rotatable bonds is 6. The predicted octanol–water partition coefficient (Wildman–Crippen LogP) is 0.351. The van der Waals surface area contributed by atoms with E-state index < -0.39 is 23.1 Å². The van der Waals surface area contributed by atoms with Gasteiger partial charge in [-0.3, -0.25) is 24.7 Å². The number of fused-ring (bicyclic) bond motifs is 1. The van der Waals surface area contributed by atoms with E-state index in [1.165, 1.54) is 6.21 Å². The summed E-state index contributed by atoms with van der Waals surface area (Å²) in [6, 6.07) is 4.39. The third kappa shape index (κ3) is 5.06. The lowest BCUT2D eigenvalue weighted by Crippen LogP contribution is -2.27. The second-order valence-electron chi connectivity index (χ2n) is 6.15. The quantitative estimate of drug-likeness (QED) is 0.264. The average Bonchev–Trinajstić information content (AvgIpc) is 3.36. The van der Waals surface area contributed by atoms with Gasteiger partial charge >= 0.3 is 5.69 Å². The van der Waals surface area contributed by atoms with Gasteiger partial charge in [0, 0.05) is 16.1 Å². The van der Waals surface area contributed by atoms with Crippen LogP contribution in [0.15, 0.2) is 37.4 Å². The Morgan fingerprint density at radius 1 is 1.19 bits per heavy atom. The lowest BCUT2D eigenvalue weighted by atomic mass is 10.2. The van der Waals surface area contributed by atoms with Gasteiger partial charge in [0.25, 0.3) is 11.5 Å². The first-order chi connectivity index (χ1) is 15.4. The molecule has 13 nitrogen and oxygen atoms in total. The Hall–Kier alpha value is -3.85. The molecular weight excluding hydrogens is 510 g/mol. The molecule has 0 fully saturated rings. The Kier molecular flexibility index (Phi) is 6.09. The van der Waals surface area contributed by atoms with Gasteiger partial charge in [0.1, 0.15) is 10.7 Å². The summed E-state index contributed by atoms with van der Waals surface area (Å²) in [5.74, 6) is -0.0124. The number of hydrazone groups is 1. The van der Waals surface area contributed by atoms with Crippen molar-refractivity contribution >= 4 is 50.4 Å². The molecule has 0 spiro atoms. The molecule has 1 aliphatic rings. The number of benzene rings is 1. The third-order valence-corrected chi connectivity index (χ3v) is 5.41. The molecule has 3 aromatic rings. The Labute approximate surface area is 190 Å². The lowest BCUT2D eigenvalue weighted by Gasteiger charge is -2.01. The van der Waals surface area contributed by atoms with Crippen molar-refractivity contribution in [3.8, 4) is 11.5 Å². The summed E-state index contributed by atoms with van der Waals surface area (Å²) >= 11 is 4.34. The standard InChI is InChI=1S/C17H12BrN7O6S/c18-8-2-11-10(30-6-31-11)1-7(8)5-19-23-13(27)4-14-24-25-17(32-14)22-15(28)9-3-12(26)21-16(29)20-9/h1-3,5H,4,6H2,(H,23,27)(H,22,25,28)(H2,20,21,26,29)/b19-5-. The molecule has 0 aliphatic carbocycles. The monoisotopic (exact) mass is 521 g/mol. The van der Waals surface area contributed by atoms with Gasteiger partial charge < -0.3 is 14.5 Å². The number of aromatic nitrogens is 4. The van der Waals surface area contributed by atoms with E-state index in [0.29, 0.717) is 26.5 Å². The maximum Gasteiger partial charge on any atom is 0.326 e. The second-order valence-corrected chi connectivity index (χ2v) is 8.07. The number of ether oxygens (including phenoxy) is 2. The zero-order valence-corrected chi connectivity index (χ0v) is 18.2. The molecule has 2 aromatic heterocycles. The van der Waals surface area contributed by atoms with Gasteiger partial charge in [0.05, 0.1) is 12.6 Å². The van der Waals surface area contributed by atoms with E-state index in [1.54, 1.807) is 12.1 Å². The van der Waals surface area contributed by atoms with E-state index in [-0.39, 0.29) is 24.0 Å². The Bertz CT molecular complexity index is 1320. The van der Waals surface area contributed by atoms with Crippen molar-refractivity contribution in [3.05, 3.63) is 59.8 Å². The van der Waals surface area contributed by atoms with Gasteiger partial charge in [-0.2, -0.15) is 5.10 Å². The fourth-order valence-electron chi connectivity index (χ4n) is 2.51. The number of hydrogen-bond acceptors (Lipinski definition) is 10. The highest BCUT2D eigenvalue weighted by atomic mass is 79.9. The van der Waals surface area contributed by atoms with Gasteiger partial charge in [-0.25, -0.2) is 10.2 Å². The highest BCUT2D eigenvalue weighted by Crippen LogP contribution is 2.36. The van der Waals surface area contributed by atoms with E-state index in [2.05, 4.69) is 47.0 Å². The largest absolute Gasteiger partial charge is 0.454 e. The van der Waals surface area contributed by atoms with Gasteiger partial charge in [-0.1, -0.05) is 11.3 Å². The highest BCUT2D eigenvalue weighted by Gasteiger charge is 2.16. The van der Waals surface area contributed by atoms with Gasteiger partial charge in [0.15, 0.2) is 11.5 Å². The number of anilines is 1. The van der Waals surface area contributed by atoms with Crippen LogP contribution in [0.2, 0.25) is 0 Å². The maximum atomic E-state index is 12.1. The smallest absolute Gasteiger partial charge is 0.326 e. The summed E-state index contributed by atoms with van der Waals surface area (Å²) in [6.07, 6.45) is 1.31. The number of nitrogens with zero attached hydrogens (tertiary/aromatic N) is 3. The van der Waals surface area contributed by atoms with Crippen molar-refractivity contribution in [2.75, 3.05) is 12.1 Å². The van der Waals surface area contributed by atoms with Crippen molar-refractivity contribution in [2.45, 2.75) is 6.42 Å². The van der Waals surface area contributed by atoms with Crippen LogP contribution in [0.1, 0.15) is 21.1 Å². The number of carbonyl (C=O) groups is 2. The van der Waals surface area contributed by atoms with Crippen LogP contribution in [-0.4, -0.2) is 45.0 Å². The van der Waals surface area contributed by atoms with E-state index in [0.717, 1.165) is 17.4 Å². The lowest BCUT2D eigenvalue weighted by molar-refractivity contribution is -0.120. The van der Waals surface area contributed by atoms with E-state index in [1.807, 2.05) is 4.98 Å². The molecule has 0 radical (unpaired) electrons. The van der Waals surface area contributed by atoms with Crippen molar-refractivity contribution in [1.29, 1.82) is 0 Å². The van der Waals surface area contributed by atoms with Crippen LogP contribution in [0.5, 0.6) is 11.5 Å². The molecule has 1 aliphatic heterocycles. The Morgan fingerprint density at radius 2 is 1.97 bits per heavy atom. The first kappa shape index (κ1) is 21.4. The zero-order chi connectivity index (χ0) is 22.7. The fraction of sp³-hybridized carbons (Fsp3) is 0.118. The molecule has 3 heterocycles. The molecule has 32 heavy (non-hydrogen) atoms. The highest BCUT2D eigenvalue weighted by molar-refractivity contribution is 9.10. The third-order valence-electron chi connectivity index (χ3n) is 3.89. The van der Waals surface area contributed by atoms with Crippen molar-refractivity contribution in [1.82, 2.24) is 25.6 Å². The average molecular weight is 522 g/mol. The maximum absolute atomic E-state index is 12.1. The molecule has 4 rings (SSSR count). The number of H-pyrrole nitrogens is 2. The van der Waals surface area contributed by atoms with Crippen LogP contribution < -0.4 is 31.5 Å². The minimum Gasteiger partial charge on any atom is -0.454 e. The number of carbonyl (C=O) groups excluding carboxylic acids is 2. The van der Waals surface area contributed by atoms with Crippen molar-refractivity contribution < 1.29 is 19.1 Å². The summed E-state index contributed by atoms with van der Waals surface area (Å²) in [5.41, 5.74) is 1.28. The molecule has 4 N–H and O–H groups in total. The number of amides is 2. The van der Waals surface area contributed by atoms with Gasteiger partial charge in [-0.15, -0.1) is 10.2 Å². The summed E-state index contributed by atoms with van der Waals surface area (Å²) in [6.45, 7) is 0.144. The minimum absolute atomic E-state index is 0.0896. The number of nitrogens with one attached hydrogen (secondary N) is 4. The topological polar surface area (TPSA) is 181 Å². The molecule has 1 aromatic carbocycles. The normalized spacial score (nSPS) is 12.2. The van der Waals surface area contributed by atoms with Crippen molar-refractivity contribution in [3.63, 3.8) is 0 Å². The minimum atomic E-state index is -0.814. The van der Waals surface area contributed by atoms with E-state index >= 15 is 0 Å². The second kappa shape index (κ2) is 9.11. The molecule has 15 heteroatoms. The summed E-state index contributed by atoms with van der Waals surface area (Å²) in [5, 5.41) is 14.3. The molecular formula is C17H12BrN7O6S. The first-order valence-electron chi connectivity index (χ1n) is 8.76. The van der Waals surface area contributed by atoms with Crippen LogP contribution in [-0.2, 0) is 11.2 Å². The van der Waals surface area contributed by atoms with Crippen molar-refractivity contribution in [2.24, 2.45) is 5.10 Å². The van der Waals surface area contributed by atoms with E-state index in [9.17, 15) is 19.2 Å². The zero-order valence-electron chi connectivity index (χ0n) is 15.8. The summed E-state index contributed by atoms with van der Waals surface area (Å²) in [7, 11) is 0. The molecule has 0 saturated heterocycles. The van der Waals surface area contributed by atoms with Crippen LogP contribution >= 0.6 is 27.3 Å². The van der Waals surface area contributed by atoms with Crippen LogP contribution in [0.4, 0.5) is 5.13 Å². The Morgan fingerprint density at radius 3 is 2.75 bits per heavy atom. The van der Waals surface area contributed by atoms with E-state index in [4.69, 9.17) is 9.47 Å². The van der Waals surface area contributed by atoms with Gasteiger partial charge in [-0.05, 0) is 28.1 Å². The van der Waals surface area contributed by atoms with Crippen LogP contribution in [0.25, 0.3) is 0 Å². The molecule has 0 bridgehead atoms. The van der Waals surface area contributed by atoms with Crippen LogP contribution in [0, 0.1) is 0 Å². The Balaban J connectivity index is 1.33. The number of halogens is 1.